The molecule has 4 nitrogen and oxygen atoms in total. The smallest absolute Gasteiger partial charge is 0.191 e. The Kier molecular flexibility index (Phi) is 10.2. The van der Waals surface area contributed by atoms with Gasteiger partial charge in [0.25, 0.3) is 0 Å². The van der Waals surface area contributed by atoms with E-state index in [4.69, 9.17) is 4.98 Å². The number of aliphatic imine (C=N–C) groups is 1. The van der Waals surface area contributed by atoms with Gasteiger partial charge >= 0.3 is 0 Å². The molecule has 1 heterocycles. The Morgan fingerprint density at radius 2 is 2.00 bits per heavy atom. The quantitative estimate of drug-likeness (QED) is 0.417. The summed E-state index contributed by atoms with van der Waals surface area (Å²) in [5.74, 6) is 0.905. The summed E-state index contributed by atoms with van der Waals surface area (Å²) in [5, 5.41) is 9.97. The molecule has 0 atom stereocenters. The number of thiazole rings is 1. The number of aromatic nitrogens is 1. The molecule has 0 unspecified atom stereocenters. The monoisotopic (exact) mass is 424 g/mol. The first kappa shape index (κ1) is 20.6. The Bertz CT molecular complexity index is 424. The van der Waals surface area contributed by atoms with Crippen molar-refractivity contribution in [3.63, 3.8) is 0 Å². The molecular formula is C15H29IN4S. The van der Waals surface area contributed by atoms with Crippen LogP contribution in [0.3, 0.4) is 0 Å². The first-order valence-electron chi connectivity index (χ1n) is 7.44. The topological polar surface area (TPSA) is 49.3 Å². The van der Waals surface area contributed by atoms with Crippen LogP contribution < -0.4 is 10.6 Å². The molecular weight excluding hydrogens is 395 g/mol. The average molecular weight is 424 g/mol. The second-order valence-electron chi connectivity index (χ2n) is 5.81. The third kappa shape index (κ3) is 7.99. The fourth-order valence-corrected chi connectivity index (χ4v) is 2.65. The summed E-state index contributed by atoms with van der Waals surface area (Å²) in [6.07, 6.45) is 2.01. The van der Waals surface area contributed by atoms with E-state index < -0.39 is 0 Å². The van der Waals surface area contributed by atoms with Crippen LogP contribution in [0.25, 0.3) is 0 Å². The van der Waals surface area contributed by atoms with Gasteiger partial charge in [0.15, 0.2) is 5.96 Å². The number of hydrogen-bond donors (Lipinski definition) is 2. The Morgan fingerprint density at radius 1 is 1.29 bits per heavy atom. The molecule has 1 aromatic rings. The largest absolute Gasteiger partial charge is 0.357 e. The van der Waals surface area contributed by atoms with Gasteiger partial charge in [0.1, 0.15) is 0 Å². The highest BCUT2D eigenvalue weighted by Gasteiger charge is 2.17. The van der Waals surface area contributed by atoms with Gasteiger partial charge in [-0.3, -0.25) is 4.99 Å². The molecule has 1 aromatic heterocycles. The molecule has 1 rings (SSSR count). The Balaban J connectivity index is 0.00000400. The van der Waals surface area contributed by atoms with E-state index in [9.17, 15) is 0 Å². The van der Waals surface area contributed by atoms with Crippen molar-refractivity contribution in [3.05, 3.63) is 16.1 Å². The van der Waals surface area contributed by atoms with E-state index in [-0.39, 0.29) is 29.4 Å². The van der Waals surface area contributed by atoms with Crippen LogP contribution in [-0.2, 0) is 11.8 Å². The molecule has 0 saturated heterocycles. The second kappa shape index (κ2) is 10.4. The van der Waals surface area contributed by atoms with Crippen molar-refractivity contribution < 1.29 is 0 Å². The van der Waals surface area contributed by atoms with Gasteiger partial charge in [-0.25, -0.2) is 4.98 Å². The molecule has 21 heavy (non-hydrogen) atoms. The molecule has 0 bridgehead atoms. The van der Waals surface area contributed by atoms with Crippen LogP contribution in [0, 0.1) is 0 Å². The van der Waals surface area contributed by atoms with E-state index in [2.05, 4.69) is 55.6 Å². The summed E-state index contributed by atoms with van der Waals surface area (Å²) >= 11 is 1.75. The maximum Gasteiger partial charge on any atom is 0.191 e. The van der Waals surface area contributed by atoms with Crippen LogP contribution in [0.4, 0.5) is 0 Å². The second-order valence-corrected chi connectivity index (χ2v) is 6.76. The van der Waals surface area contributed by atoms with E-state index in [0.29, 0.717) is 0 Å². The molecule has 0 aliphatic rings. The summed E-state index contributed by atoms with van der Waals surface area (Å²) in [5.41, 5.74) is 1.32. The molecule has 0 amide bonds. The van der Waals surface area contributed by atoms with Crippen molar-refractivity contribution in [2.45, 2.75) is 52.9 Å². The van der Waals surface area contributed by atoms with Crippen LogP contribution in [0.2, 0.25) is 0 Å². The summed E-state index contributed by atoms with van der Waals surface area (Å²) in [7, 11) is 0. The van der Waals surface area contributed by atoms with E-state index in [1.165, 1.54) is 10.7 Å². The number of rotatable bonds is 6. The van der Waals surface area contributed by atoms with Gasteiger partial charge in [-0.05, 0) is 13.3 Å². The van der Waals surface area contributed by atoms with Crippen molar-refractivity contribution in [2.75, 3.05) is 19.6 Å². The number of nitrogens with one attached hydrogen (secondary N) is 2. The fraction of sp³-hybridized carbons (Fsp3) is 0.733. The standard InChI is InChI=1S/C15H28N4S.HI/c1-6-9-17-14(16-7-2)18-10-8-13-19-12(11-20-13)15(3,4)5;/h11H,6-10H2,1-5H3,(H2,16,17,18);1H. The van der Waals surface area contributed by atoms with Crippen molar-refractivity contribution in [1.82, 2.24) is 15.6 Å². The normalized spacial score (nSPS) is 12.0. The number of guanidine groups is 1. The predicted molar refractivity (Wildman–Crippen MR) is 104 cm³/mol. The highest BCUT2D eigenvalue weighted by molar-refractivity contribution is 14.0. The fourth-order valence-electron chi connectivity index (χ4n) is 1.62. The summed E-state index contributed by atoms with van der Waals surface area (Å²) < 4.78 is 0. The lowest BCUT2D eigenvalue weighted by Gasteiger charge is -2.14. The summed E-state index contributed by atoms with van der Waals surface area (Å²) in [4.78, 5) is 9.19. The molecule has 0 radical (unpaired) electrons. The average Bonchev–Trinajstić information content (AvgIpc) is 2.84. The third-order valence-electron chi connectivity index (χ3n) is 2.79. The zero-order chi connectivity index (χ0) is 15.0. The van der Waals surface area contributed by atoms with Gasteiger partial charge < -0.3 is 10.6 Å². The Hall–Kier alpha value is -0.370. The van der Waals surface area contributed by atoms with Gasteiger partial charge in [0.2, 0.25) is 0 Å². The lowest BCUT2D eigenvalue weighted by molar-refractivity contribution is 0.570. The molecule has 0 aliphatic heterocycles. The third-order valence-corrected chi connectivity index (χ3v) is 3.70. The van der Waals surface area contributed by atoms with Crippen LogP contribution >= 0.6 is 35.3 Å². The number of nitrogens with zero attached hydrogens (tertiary/aromatic N) is 2. The van der Waals surface area contributed by atoms with Gasteiger partial charge in [-0.1, -0.05) is 27.7 Å². The zero-order valence-corrected chi connectivity index (χ0v) is 17.0. The maximum absolute atomic E-state index is 4.70. The number of hydrogen-bond acceptors (Lipinski definition) is 3. The van der Waals surface area contributed by atoms with Crippen molar-refractivity contribution in [3.8, 4) is 0 Å². The van der Waals surface area contributed by atoms with Crippen LogP contribution in [-0.4, -0.2) is 30.6 Å². The van der Waals surface area contributed by atoms with Gasteiger partial charge in [0, 0.05) is 36.9 Å². The van der Waals surface area contributed by atoms with Gasteiger partial charge in [-0.15, -0.1) is 35.3 Å². The SMILES string of the molecule is CCCN=C(NCC)NCCc1nc(C(C)(C)C)cs1.I. The van der Waals surface area contributed by atoms with E-state index in [0.717, 1.165) is 38.4 Å². The molecule has 0 fully saturated rings. The zero-order valence-electron chi connectivity index (χ0n) is 13.8. The lowest BCUT2D eigenvalue weighted by atomic mass is 9.93. The maximum atomic E-state index is 4.70. The van der Waals surface area contributed by atoms with E-state index in [1.807, 2.05) is 0 Å². The predicted octanol–water partition coefficient (Wildman–Crippen LogP) is 3.57. The Labute approximate surface area is 150 Å². The van der Waals surface area contributed by atoms with Crippen LogP contribution in [0.5, 0.6) is 0 Å². The van der Waals surface area contributed by atoms with Gasteiger partial charge in [0.05, 0.1) is 10.7 Å². The highest BCUT2D eigenvalue weighted by atomic mass is 127. The molecule has 2 N–H and O–H groups in total. The molecule has 0 spiro atoms. The summed E-state index contributed by atoms with van der Waals surface area (Å²) in [6, 6.07) is 0. The molecule has 0 saturated carbocycles. The van der Waals surface area contributed by atoms with Crippen LogP contribution in [0.1, 0.15) is 51.7 Å². The highest BCUT2D eigenvalue weighted by Crippen LogP contribution is 2.23. The van der Waals surface area contributed by atoms with E-state index >= 15 is 0 Å². The molecule has 0 aliphatic carbocycles. The first-order chi connectivity index (χ1) is 9.47. The van der Waals surface area contributed by atoms with Crippen LogP contribution in [0.15, 0.2) is 10.4 Å². The molecule has 0 aromatic carbocycles. The summed E-state index contributed by atoms with van der Waals surface area (Å²) in [6.45, 7) is 13.4. The minimum atomic E-state index is 0. The molecule has 6 heteroatoms. The van der Waals surface area contributed by atoms with Crippen molar-refractivity contribution in [1.29, 1.82) is 0 Å². The minimum absolute atomic E-state index is 0. The Morgan fingerprint density at radius 3 is 2.52 bits per heavy atom. The molecule has 122 valence electrons. The van der Waals surface area contributed by atoms with Gasteiger partial charge in [-0.2, -0.15) is 0 Å². The van der Waals surface area contributed by atoms with Crippen molar-refractivity contribution >= 4 is 41.3 Å². The van der Waals surface area contributed by atoms with E-state index in [1.54, 1.807) is 11.3 Å². The number of halogens is 1. The van der Waals surface area contributed by atoms with Crippen molar-refractivity contribution in [2.24, 2.45) is 4.99 Å². The first-order valence-corrected chi connectivity index (χ1v) is 8.32. The lowest BCUT2D eigenvalue weighted by Crippen LogP contribution is -2.38. The minimum Gasteiger partial charge on any atom is -0.357 e.